The zero-order valence-corrected chi connectivity index (χ0v) is 7.90. The van der Waals surface area contributed by atoms with Crippen molar-refractivity contribution >= 4 is 5.97 Å². The molecule has 1 heterocycles. The van der Waals surface area contributed by atoms with Gasteiger partial charge in [0.15, 0.2) is 5.69 Å². The molecular formula is C8H12N2O3. The van der Waals surface area contributed by atoms with Crippen molar-refractivity contribution in [3.63, 3.8) is 0 Å². The van der Waals surface area contributed by atoms with E-state index in [-0.39, 0.29) is 5.69 Å². The summed E-state index contributed by atoms with van der Waals surface area (Å²) in [7, 11) is 3.02. The Balaban J connectivity index is 2.88. The number of nitrogens with zero attached hydrogens (tertiary/aromatic N) is 2. The van der Waals surface area contributed by atoms with Crippen LogP contribution in [0.3, 0.4) is 0 Å². The molecule has 0 aromatic carbocycles. The fourth-order valence-electron chi connectivity index (χ4n) is 0.937. The predicted molar refractivity (Wildman–Crippen MR) is 45.7 cm³/mol. The first kappa shape index (κ1) is 9.57. The number of carbonyl (C=O) groups excluding carboxylic acids is 1. The molecule has 0 amide bonds. The Morgan fingerprint density at radius 3 is 2.92 bits per heavy atom. The second-order valence-electron chi connectivity index (χ2n) is 2.42. The van der Waals surface area contributed by atoms with Crippen LogP contribution in [0.4, 0.5) is 0 Å². The molecule has 1 aromatic heterocycles. The van der Waals surface area contributed by atoms with Crippen molar-refractivity contribution in [1.82, 2.24) is 9.78 Å². The van der Waals surface area contributed by atoms with Gasteiger partial charge in [0.25, 0.3) is 0 Å². The molecule has 13 heavy (non-hydrogen) atoms. The molecule has 0 N–H and O–H groups in total. The van der Waals surface area contributed by atoms with E-state index in [2.05, 4.69) is 9.84 Å². The van der Waals surface area contributed by atoms with Crippen molar-refractivity contribution in [3.8, 4) is 5.88 Å². The fraction of sp³-hybridized carbons (Fsp3) is 0.500. The van der Waals surface area contributed by atoms with Crippen LogP contribution in [0.25, 0.3) is 0 Å². The van der Waals surface area contributed by atoms with Crippen LogP contribution in [0.5, 0.6) is 5.88 Å². The van der Waals surface area contributed by atoms with Gasteiger partial charge in [-0.2, -0.15) is 5.10 Å². The summed E-state index contributed by atoms with van der Waals surface area (Å²) in [4.78, 5) is 11.0. The van der Waals surface area contributed by atoms with E-state index in [1.54, 1.807) is 13.1 Å². The largest absolute Gasteiger partial charge is 0.478 e. The Bertz CT molecular complexity index is 306. The Hall–Kier alpha value is -1.52. The molecule has 72 valence electrons. The third kappa shape index (κ3) is 1.99. The second-order valence-corrected chi connectivity index (χ2v) is 2.42. The summed E-state index contributed by atoms with van der Waals surface area (Å²) >= 11 is 0. The number of rotatable bonds is 3. The minimum Gasteiger partial charge on any atom is -0.478 e. The standard InChI is InChI=1S/C8H12N2O3/c1-4-13-7-5-6(8(11)12-3)9-10(7)2/h5H,4H2,1-3H3. The van der Waals surface area contributed by atoms with Crippen LogP contribution in [0.2, 0.25) is 0 Å². The van der Waals surface area contributed by atoms with Crippen molar-refractivity contribution in [1.29, 1.82) is 0 Å². The summed E-state index contributed by atoms with van der Waals surface area (Å²) in [6, 6.07) is 1.55. The van der Waals surface area contributed by atoms with E-state index in [0.717, 1.165) is 0 Å². The van der Waals surface area contributed by atoms with E-state index in [9.17, 15) is 4.79 Å². The van der Waals surface area contributed by atoms with Crippen LogP contribution in [-0.4, -0.2) is 29.5 Å². The topological polar surface area (TPSA) is 53.4 Å². The maximum Gasteiger partial charge on any atom is 0.358 e. The summed E-state index contributed by atoms with van der Waals surface area (Å²) in [5, 5.41) is 3.92. The molecule has 0 saturated carbocycles. The normalized spacial score (nSPS) is 9.77. The number of ether oxygens (including phenoxy) is 2. The van der Waals surface area contributed by atoms with Gasteiger partial charge >= 0.3 is 5.97 Å². The van der Waals surface area contributed by atoms with Gasteiger partial charge in [0.05, 0.1) is 13.7 Å². The molecule has 0 atom stereocenters. The van der Waals surface area contributed by atoms with Crippen LogP contribution < -0.4 is 4.74 Å². The number of hydrogen-bond donors (Lipinski definition) is 0. The van der Waals surface area contributed by atoms with E-state index in [1.807, 2.05) is 6.92 Å². The first-order chi connectivity index (χ1) is 6.19. The van der Waals surface area contributed by atoms with Gasteiger partial charge in [-0.15, -0.1) is 0 Å². The van der Waals surface area contributed by atoms with Gasteiger partial charge in [0.2, 0.25) is 5.88 Å². The van der Waals surface area contributed by atoms with E-state index in [4.69, 9.17) is 4.74 Å². The molecule has 0 aliphatic carbocycles. The minimum atomic E-state index is -0.457. The van der Waals surface area contributed by atoms with Gasteiger partial charge in [0.1, 0.15) is 0 Å². The van der Waals surface area contributed by atoms with Gasteiger partial charge < -0.3 is 9.47 Å². The predicted octanol–water partition coefficient (Wildman–Crippen LogP) is 0.605. The highest BCUT2D eigenvalue weighted by atomic mass is 16.5. The van der Waals surface area contributed by atoms with Gasteiger partial charge in [-0.1, -0.05) is 0 Å². The third-order valence-electron chi connectivity index (χ3n) is 1.52. The fourth-order valence-corrected chi connectivity index (χ4v) is 0.937. The average Bonchev–Trinajstić information content (AvgIpc) is 2.47. The van der Waals surface area contributed by atoms with Crippen LogP contribution >= 0.6 is 0 Å². The summed E-state index contributed by atoms with van der Waals surface area (Å²) in [6.45, 7) is 2.41. The summed E-state index contributed by atoms with van der Waals surface area (Å²) < 4.78 is 11.2. The quantitative estimate of drug-likeness (QED) is 0.646. The third-order valence-corrected chi connectivity index (χ3v) is 1.52. The van der Waals surface area contributed by atoms with E-state index < -0.39 is 5.97 Å². The number of carbonyl (C=O) groups is 1. The minimum absolute atomic E-state index is 0.258. The van der Waals surface area contributed by atoms with Gasteiger partial charge in [-0.3, -0.25) is 0 Å². The Kier molecular flexibility index (Phi) is 2.89. The molecule has 1 rings (SSSR count). The maximum absolute atomic E-state index is 11.0. The van der Waals surface area contributed by atoms with Gasteiger partial charge in [-0.25, -0.2) is 9.48 Å². The van der Waals surface area contributed by atoms with Crippen LogP contribution in [0, 0.1) is 0 Å². The Labute approximate surface area is 76.3 Å². The Morgan fingerprint density at radius 1 is 1.69 bits per heavy atom. The zero-order chi connectivity index (χ0) is 9.84. The lowest BCUT2D eigenvalue weighted by molar-refractivity contribution is 0.0593. The number of aromatic nitrogens is 2. The molecule has 5 heteroatoms. The number of aryl methyl sites for hydroxylation is 1. The molecule has 0 saturated heterocycles. The molecule has 0 unspecified atom stereocenters. The van der Waals surface area contributed by atoms with Crippen molar-refractivity contribution < 1.29 is 14.3 Å². The number of hydrogen-bond acceptors (Lipinski definition) is 4. The van der Waals surface area contributed by atoms with Crippen LogP contribution in [-0.2, 0) is 11.8 Å². The molecule has 0 spiro atoms. The first-order valence-electron chi connectivity index (χ1n) is 3.94. The molecule has 1 aromatic rings. The Morgan fingerprint density at radius 2 is 2.38 bits per heavy atom. The molecular weight excluding hydrogens is 172 g/mol. The average molecular weight is 184 g/mol. The molecule has 5 nitrogen and oxygen atoms in total. The lowest BCUT2D eigenvalue weighted by atomic mass is 10.4. The summed E-state index contributed by atoms with van der Waals surface area (Å²) in [5.41, 5.74) is 0.258. The summed E-state index contributed by atoms with van der Waals surface area (Å²) in [5.74, 6) is 0.101. The molecule has 0 fully saturated rings. The molecule has 0 aliphatic heterocycles. The van der Waals surface area contributed by atoms with Gasteiger partial charge in [0, 0.05) is 13.1 Å². The number of esters is 1. The second kappa shape index (κ2) is 3.93. The lowest BCUT2D eigenvalue weighted by Gasteiger charge is -1.99. The highest BCUT2D eigenvalue weighted by Crippen LogP contribution is 2.12. The van der Waals surface area contributed by atoms with Crippen molar-refractivity contribution in [2.75, 3.05) is 13.7 Å². The maximum atomic E-state index is 11.0. The highest BCUT2D eigenvalue weighted by Gasteiger charge is 2.12. The monoisotopic (exact) mass is 184 g/mol. The van der Waals surface area contributed by atoms with E-state index in [1.165, 1.54) is 11.8 Å². The molecule has 0 aliphatic rings. The molecule has 0 bridgehead atoms. The first-order valence-corrected chi connectivity index (χ1v) is 3.94. The SMILES string of the molecule is CCOc1cc(C(=O)OC)nn1C. The number of methoxy groups -OCH3 is 1. The van der Waals surface area contributed by atoms with Crippen molar-refractivity contribution in [2.24, 2.45) is 7.05 Å². The van der Waals surface area contributed by atoms with Gasteiger partial charge in [-0.05, 0) is 6.92 Å². The van der Waals surface area contributed by atoms with E-state index in [0.29, 0.717) is 12.5 Å². The lowest BCUT2D eigenvalue weighted by Crippen LogP contribution is -2.03. The van der Waals surface area contributed by atoms with Crippen molar-refractivity contribution in [2.45, 2.75) is 6.92 Å². The summed E-state index contributed by atoms with van der Waals surface area (Å²) in [6.07, 6.45) is 0. The van der Waals surface area contributed by atoms with Crippen molar-refractivity contribution in [3.05, 3.63) is 11.8 Å². The highest BCUT2D eigenvalue weighted by molar-refractivity contribution is 5.87. The van der Waals surface area contributed by atoms with Crippen LogP contribution in [0.1, 0.15) is 17.4 Å². The van der Waals surface area contributed by atoms with Crippen LogP contribution in [0.15, 0.2) is 6.07 Å². The zero-order valence-electron chi connectivity index (χ0n) is 7.90. The molecule has 0 radical (unpaired) electrons. The van der Waals surface area contributed by atoms with E-state index >= 15 is 0 Å². The smallest absolute Gasteiger partial charge is 0.358 e.